The lowest BCUT2D eigenvalue weighted by atomic mass is 10.0. The largest absolute Gasteiger partial charge is 0.497 e. The number of carbonyl (C=O) groups is 1. The van der Waals surface area contributed by atoms with Crippen molar-refractivity contribution in [1.82, 2.24) is 5.32 Å². The molecule has 0 atom stereocenters. The van der Waals surface area contributed by atoms with Gasteiger partial charge in [0.2, 0.25) is 5.91 Å². The number of nitrogens with one attached hydrogen (secondary N) is 1. The Morgan fingerprint density at radius 1 is 1.36 bits per heavy atom. The highest BCUT2D eigenvalue weighted by molar-refractivity contribution is 5.82. The van der Waals surface area contributed by atoms with Crippen LogP contribution in [-0.4, -0.2) is 19.6 Å². The summed E-state index contributed by atoms with van der Waals surface area (Å²) in [5.74, 6) is 0.595. The average Bonchev–Trinajstić information content (AvgIpc) is 2.52. The molecule has 5 heteroatoms. The Kier molecular flexibility index (Phi) is 5.20. The first kappa shape index (κ1) is 16.1. The van der Waals surface area contributed by atoms with E-state index in [1.54, 1.807) is 13.2 Å². The fourth-order valence-electron chi connectivity index (χ4n) is 2.38. The molecule has 1 N–H and O–H groups in total. The second kappa shape index (κ2) is 7.11. The van der Waals surface area contributed by atoms with Gasteiger partial charge in [0.25, 0.3) is 0 Å². The summed E-state index contributed by atoms with van der Waals surface area (Å²) >= 11 is 0. The van der Waals surface area contributed by atoms with Gasteiger partial charge in [0.05, 0.1) is 7.11 Å². The molecular weight excluding hydrogens is 282 g/mol. The van der Waals surface area contributed by atoms with E-state index in [0.29, 0.717) is 29.9 Å². The van der Waals surface area contributed by atoms with Crippen molar-refractivity contribution in [1.29, 1.82) is 0 Å². The summed E-state index contributed by atoms with van der Waals surface area (Å²) < 4.78 is 10.5. The van der Waals surface area contributed by atoms with E-state index in [2.05, 4.69) is 5.32 Å². The number of fused-ring (bicyclic) bond motifs is 1. The van der Waals surface area contributed by atoms with Crippen LogP contribution in [0.25, 0.3) is 11.0 Å². The van der Waals surface area contributed by atoms with E-state index in [9.17, 15) is 9.59 Å². The smallest absolute Gasteiger partial charge is 0.339 e. The molecule has 2 rings (SSSR count). The second-order valence-corrected chi connectivity index (χ2v) is 5.21. The molecule has 0 bridgehead atoms. The van der Waals surface area contributed by atoms with Crippen molar-refractivity contribution in [3.8, 4) is 5.75 Å². The Balaban J connectivity index is 2.27. The van der Waals surface area contributed by atoms with Crippen LogP contribution in [0.4, 0.5) is 0 Å². The van der Waals surface area contributed by atoms with Gasteiger partial charge in [0, 0.05) is 30.0 Å². The van der Waals surface area contributed by atoms with Gasteiger partial charge in [-0.15, -0.1) is 0 Å². The maximum absolute atomic E-state index is 12.1. The minimum atomic E-state index is -0.387. The number of amides is 1. The quantitative estimate of drug-likeness (QED) is 0.833. The van der Waals surface area contributed by atoms with E-state index in [4.69, 9.17) is 9.15 Å². The van der Waals surface area contributed by atoms with E-state index in [-0.39, 0.29) is 18.0 Å². The van der Waals surface area contributed by atoms with Gasteiger partial charge in [-0.3, -0.25) is 4.79 Å². The summed E-state index contributed by atoms with van der Waals surface area (Å²) in [4.78, 5) is 23.8. The first-order chi connectivity index (χ1) is 10.6. The third-order valence-electron chi connectivity index (χ3n) is 3.67. The fourth-order valence-corrected chi connectivity index (χ4v) is 2.38. The van der Waals surface area contributed by atoms with Crippen LogP contribution in [-0.2, 0) is 11.2 Å². The molecule has 0 aliphatic heterocycles. The van der Waals surface area contributed by atoms with E-state index in [1.165, 1.54) is 0 Å². The van der Waals surface area contributed by atoms with Gasteiger partial charge in [0.15, 0.2) is 0 Å². The number of hydrogen-bond acceptors (Lipinski definition) is 4. The Hall–Kier alpha value is -2.30. The first-order valence-corrected chi connectivity index (χ1v) is 7.43. The number of benzene rings is 1. The molecule has 5 nitrogen and oxygen atoms in total. The average molecular weight is 303 g/mol. The minimum Gasteiger partial charge on any atom is -0.497 e. The molecule has 1 aromatic carbocycles. The Bertz CT molecular complexity index is 733. The van der Waals surface area contributed by atoms with Crippen molar-refractivity contribution < 1.29 is 13.9 Å². The van der Waals surface area contributed by atoms with Crippen molar-refractivity contribution in [2.24, 2.45) is 0 Å². The number of hydrogen-bond donors (Lipinski definition) is 1. The van der Waals surface area contributed by atoms with Crippen LogP contribution in [0.1, 0.15) is 30.9 Å². The zero-order valence-corrected chi connectivity index (χ0v) is 13.2. The van der Waals surface area contributed by atoms with Gasteiger partial charge >= 0.3 is 5.63 Å². The molecule has 0 spiro atoms. The van der Waals surface area contributed by atoms with Crippen molar-refractivity contribution in [3.63, 3.8) is 0 Å². The number of rotatable bonds is 6. The van der Waals surface area contributed by atoms with Crippen LogP contribution in [0.5, 0.6) is 5.75 Å². The topological polar surface area (TPSA) is 68.5 Å². The Morgan fingerprint density at radius 2 is 2.14 bits per heavy atom. The molecule has 1 amide bonds. The highest BCUT2D eigenvalue weighted by Crippen LogP contribution is 2.24. The van der Waals surface area contributed by atoms with Gasteiger partial charge in [-0.05, 0) is 37.5 Å². The molecular formula is C17H21NO4. The Labute approximate surface area is 129 Å². The van der Waals surface area contributed by atoms with Crippen LogP contribution in [0.3, 0.4) is 0 Å². The summed E-state index contributed by atoms with van der Waals surface area (Å²) in [7, 11) is 1.56. The summed E-state index contributed by atoms with van der Waals surface area (Å²) in [6, 6.07) is 5.39. The van der Waals surface area contributed by atoms with Gasteiger partial charge in [0.1, 0.15) is 11.3 Å². The van der Waals surface area contributed by atoms with E-state index >= 15 is 0 Å². The molecule has 0 aliphatic rings. The molecule has 0 fully saturated rings. The van der Waals surface area contributed by atoms with Crippen LogP contribution < -0.4 is 15.7 Å². The number of methoxy groups -OCH3 is 1. The predicted molar refractivity (Wildman–Crippen MR) is 85.4 cm³/mol. The lowest BCUT2D eigenvalue weighted by molar-refractivity contribution is -0.121. The van der Waals surface area contributed by atoms with Crippen molar-refractivity contribution in [2.45, 2.75) is 33.1 Å². The summed E-state index contributed by atoms with van der Waals surface area (Å²) in [6.07, 6.45) is 1.56. The molecule has 0 radical (unpaired) electrons. The molecule has 1 aromatic heterocycles. The van der Waals surface area contributed by atoms with Crippen molar-refractivity contribution in [3.05, 3.63) is 39.7 Å². The van der Waals surface area contributed by atoms with Crippen LogP contribution in [0.2, 0.25) is 0 Å². The number of aryl methyl sites for hydroxylation is 1. The Morgan fingerprint density at radius 3 is 2.82 bits per heavy atom. The van der Waals surface area contributed by atoms with Gasteiger partial charge in [-0.1, -0.05) is 6.92 Å². The second-order valence-electron chi connectivity index (χ2n) is 5.21. The van der Waals surface area contributed by atoms with Crippen LogP contribution in [0, 0.1) is 6.92 Å². The molecule has 118 valence electrons. The van der Waals surface area contributed by atoms with Crippen molar-refractivity contribution >= 4 is 16.9 Å². The lowest BCUT2D eigenvalue weighted by Crippen LogP contribution is -2.25. The van der Waals surface area contributed by atoms with E-state index in [0.717, 1.165) is 17.4 Å². The molecule has 0 saturated carbocycles. The molecule has 22 heavy (non-hydrogen) atoms. The summed E-state index contributed by atoms with van der Waals surface area (Å²) in [5, 5.41) is 3.67. The standard InChI is InChI=1S/C17H21NO4/c1-4-9-18-16(19)8-7-14-11(2)13-6-5-12(21-3)10-15(13)22-17(14)20/h5-6,10H,4,7-9H2,1-3H3,(H,18,19). The first-order valence-electron chi connectivity index (χ1n) is 7.43. The normalized spacial score (nSPS) is 10.7. The van der Waals surface area contributed by atoms with Gasteiger partial charge in [-0.2, -0.15) is 0 Å². The van der Waals surface area contributed by atoms with Crippen LogP contribution >= 0.6 is 0 Å². The fraction of sp³-hybridized carbons (Fsp3) is 0.412. The van der Waals surface area contributed by atoms with Crippen LogP contribution in [0.15, 0.2) is 27.4 Å². The highest BCUT2D eigenvalue weighted by atomic mass is 16.5. The zero-order valence-electron chi connectivity index (χ0n) is 13.2. The molecule has 1 heterocycles. The maximum atomic E-state index is 12.1. The zero-order chi connectivity index (χ0) is 16.1. The summed E-state index contributed by atoms with van der Waals surface area (Å²) in [5.41, 5.74) is 1.53. The monoisotopic (exact) mass is 303 g/mol. The SMILES string of the molecule is CCCNC(=O)CCc1c(C)c2ccc(OC)cc2oc1=O. The lowest BCUT2D eigenvalue weighted by Gasteiger charge is -2.09. The van der Waals surface area contributed by atoms with E-state index in [1.807, 2.05) is 26.0 Å². The molecule has 2 aromatic rings. The molecule has 0 saturated heterocycles. The maximum Gasteiger partial charge on any atom is 0.339 e. The number of carbonyl (C=O) groups excluding carboxylic acids is 1. The van der Waals surface area contributed by atoms with E-state index < -0.39 is 0 Å². The molecule has 0 aliphatic carbocycles. The van der Waals surface area contributed by atoms with Gasteiger partial charge in [-0.25, -0.2) is 4.79 Å². The minimum absolute atomic E-state index is 0.0459. The third kappa shape index (κ3) is 3.47. The van der Waals surface area contributed by atoms with Crippen molar-refractivity contribution in [2.75, 3.05) is 13.7 Å². The summed E-state index contributed by atoms with van der Waals surface area (Å²) in [6.45, 7) is 4.53. The molecule has 0 unspecified atom stereocenters. The number of ether oxygens (including phenoxy) is 1. The third-order valence-corrected chi connectivity index (χ3v) is 3.67. The highest BCUT2D eigenvalue weighted by Gasteiger charge is 2.13. The van der Waals surface area contributed by atoms with Gasteiger partial charge < -0.3 is 14.5 Å². The predicted octanol–water partition coefficient (Wildman–Crippen LogP) is 2.57.